The molecule has 0 unspecified atom stereocenters. The van der Waals surface area contributed by atoms with Gasteiger partial charge in [0.1, 0.15) is 0 Å². The normalized spacial score (nSPS) is 11.6. The second-order valence-electron chi connectivity index (χ2n) is 5.77. The molecule has 0 aliphatic rings. The van der Waals surface area contributed by atoms with Crippen LogP contribution in [-0.2, 0) is 21.4 Å². The molecule has 1 amide bonds. The molecule has 2 aromatic carbocycles. The third-order valence-corrected chi connectivity index (χ3v) is 5.08. The summed E-state index contributed by atoms with van der Waals surface area (Å²) in [6, 6.07) is 14.7. The quantitative estimate of drug-likeness (QED) is 0.724. The Balaban J connectivity index is 1.76. The average Bonchev–Trinajstić information content (AvgIpc) is 2.60. The first-order valence-corrected chi connectivity index (χ1v) is 10.0. The fraction of sp³-hybridized carbons (Fsp3) is 0.211. The van der Waals surface area contributed by atoms with Crippen LogP contribution < -0.4 is 10.0 Å². The number of halogens is 1. The van der Waals surface area contributed by atoms with Gasteiger partial charge in [-0.1, -0.05) is 59.6 Å². The van der Waals surface area contributed by atoms with E-state index in [0.717, 1.165) is 22.1 Å². The van der Waals surface area contributed by atoms with Crippen molar-refractivity contribution in [1.82, 2.24) is 10.0 Å². The summed E-state index contributed by atoms with van der Waals surface area (Å²) < 4.78 is 26.2. The summed E-state index contributed by atoms with van der Waals surface area (Å²) in [4.78, 5) is 11.8. The largest absolute Gasteiger partial charge is 0.352 e. The first-order valence-electron chi connectivity index (χ1n) is 8.10. The maximum Gasteiger partial charge on any atom is 0.233 e. The number of carbonyl (C=O) groups excluding carboxylic acids is 1. The molecule has 26 heavy (non-hydrogen) atoms. The Hall–Kier alpha value is -2.15. The summed E-state index contributed by atoms with van der Waals surface area (Å²) in [5.41, 5.74) is 2.70. The number of hydrogen-bond donors (Lipinski definition) is 2. The van der Waals surface area contributed by atoms with Crippen LogP contribution in [0.5, 0.6) is 0 Å². The number of carbonyl (C=O) groups is 1. The maximum absolute atomic E-state index is 11.9. The molecule has 0 bridgehead atoms. The smallest absolute Gasteiger partial charge is 0.233 e. The van der Waals surface area contributed by atoms with E-state index in [1.165, 1.54) is 6.08 Å². The molecule has 0 aromatic heterocycles. The summed E-state index contributed by atoms with van der Waals surface area (Å²) in [6.07, 6.45) is 1.56. The Bertz CT molecular complexity index is 878. The first kappa shape index (κ1) is 20.2. The van der Waals surface area contributed by atoms with Gasteiger partial charge in [-0.25, -0.2) is 13.1 Å². The average molecular weight is 393 g/mol. The predicted molar refractivity (Wildman–Crippen MR) is 105 cm³/mol. The van der Waals surface area contributed by atoms with Crippen molar-refractivity contribution in [2.24, 2.45) is 0 Å². The van der Waals surface area contributed by atoms with E-state index >= 15 is 0 Å². The highest BCUT2D eigenvalue weighted by molar-refractivity contribution is 7.92. The Morgan fingerprint density at radius 2 is 1.81 bits per heavy atom. The second kappa shape index (κ2) is 9.52. The Morgan fingerprint density at radius 3 is 2.50 bits per heavy atom. The van der Waals surface area contributed by atoms with Crippen LogP contribution in [0, 0.1) is 6.92 Å². The van der Waals surface area contributed by atoms with Crippen molar-refractivity contribution in [2.75, 3.05) is 6.54 Å². The van der Waals surface area contributed by atoms with Gasteiger partial charge in [0.15, 0.2) is 0 Å². The summed E-state index contributed by atoms with van der Waals surface area (Å²) in [5.74, 6) is -0.255. The number of rotatable bonds is 8. The molecule has 7 heteroatoms. The topological polar surface area (TPSA) is 75.3 Å². The van der Waals surface area contributed by atoms with Crippen LogP contribution in [0.1, 0.15) is 23.1 Å². The SMILES string of the molecule is Cc1ccc(/C=C/S(=O)(=O)NCCC(=O)NCc2ccccc2Cl)cc1. The molecule has 2 rings (SSSR count). The van der Waals surface area contributed by atoms with Crippen LogP contribution in [0.2, 0.25) is 5.02 Å². The van der Waals surface area contributed by atoms with Crippen molar-refractivity contribution in [2.45, 2.75) is 19.9 Å². The molecule has 0 saturated heterocycles. The molecule has 0 atom stereocenters. The van der Waals surface area contributed by atoms with E-state index in [4.69, 9.17) is 11.6 Å². The molecule has 0 heterocycles. The van der Waals surface area contributed by atoms with Crippen molar-refractivity contribution in [3.8, 4) is 0 Å². The molecule has 2 N–H and O–H groups in total. The van der Waals surface area contributed by atoms with Gasteiger partial charge in [-0.05, 0) is 30.2 Å². The predicted octanol–water partition coefficient (Wildman–Crippen LogP) is 3.25. The van der Waals surface area contributed by atoms with Gasteiger partial charge in [0.05, 0.1) is 0 Å². The van der Waals surface area contributed by atoms with Crippen LogP contribution in [0.15, 0.2) is 53.9 Å². The molecule has 0 aliphatic heterocycles. The summed E-state index contributed by atoms with van der Waals surface area (Å²) in [7, 11) is -3.59. The van der Waals surface area contributed by atoms with E-state index in [9.17, 15) is 13.2 Å². The fourth-order valence-corrected chi connectivity index (χ4v) is 3.15. The fourth-order valence-electron chi connectivity index (χ4n) is 2.12. The molecule has 138 valence electrons. The number of hydrogen-bond acceptors (Lipinski definition) is 3. The van der Waals surface area contributed by atoms with Crippen molar-refractivity contribution < 1.29 is 13.2 Å². The molecular formula is C19H21ClN2O3S. The first-order chi connectivity index (χ1) is 12.4. The van der Waals surface area contributed by atoms with Gasteiger partial charge in [-0.2, -0.15) is 0 Å². The number of benzene rings is 2. The lowest BCUT2D eigenvalue weighted by molar-refractivity contribution is -0.121. The number of aryl methyl sites for hydroxylation is 1. The monoisotopic (exact) mass is 392 g/mol. The number of amides is 1. The van der Waals surface area contributed by atoms with E-state index in [1.807, 2.05) is 49.4 Å². The summed E-state index contributed by atoms with van der Waals surface area (Å²) in [6.45, 7) is 2.29. The molecule has 2 aromatic rings. The lowest BCUT2D eigenvalue weighted by Gasteiger charge is -2.07. The van der Waals surface area contributed by atoms with Crippen molar-refractivity contribution in [3.05, 3.63) is 75.7 Å². The van der Waals surface area contributed by atoms with E-state index in [1.54, 1.807) is 6.07 Å². The zero-order valence-electron chi connectivity index (χ0n) is 14.4. The highest BCUT2D eigenvalue weighted by atomic mass is 35.5. The second-order valence-corrected chi connectivity index (χ2v) is 7.83. The van der Waals surface area contributed by atoms with Crippen LogP contribution in [-0.4, -0.2) is 20.9 Å². The zero-order valence-corrected chi connectivity index (χ0v) is 16.0. The van der Waals surface area contributed by atoms with Gasteiger partial charge in [0, 0.05) is 29.9 Å². The number of nitrogens with one attached hydrogen (secondary N) is 2. The van der Waals surface area contributed by atoms with Crippen molar-refractivity contribution in [1.29, 1.82) is 0 Å². The van der Waals surface area contributed by atoms with Crippen LogP contribution in [0.3, 0.4) is 0 Å². The van der Waals surface area contributed by atoms with Crippen LogP contribution in [0.4, 0.5) is 0 Å². The Labute approximate surface area is 159 Å². The molecule has 0 aliphatic carbocycles. The lowest BCUT2D eigenvalue weighted by atomic mass is 10.2. The van der Waals surface area contributed by atoms with Gasteiger partial charge in [-0.15, -0.1) is 0 Å². The van der Waals surface area contributed by atoms with Crippen molar-refractivity contribution >= 4 is 33.6 Å². The third-order valence-electron chi connectivity index (χ3n) is 3.61. The summed E-state index contributed by atoms with van der Waals surface area (Å²) >= 11 is 6.02. The van der Waals surface area contributed by atoms with E-state index < -0.39 is 10.0 Å². The Morgan fingerprint density at radius 1 is 1.12 bits per heavy atom. The minimum atomic E-state index is -3.59. The van der Waals surface area contributed by atoms with Crippen LogP contribution in [0.25, 0.3) is 6.08 Å². The minimum absolute atomic E-state index is 0.0227. The number of sulfonamides is 1. The lowest BCUT2D eigenvalue weighted by Crippen LogP contribution is -2.29. The Kier molecular flexibility index (Phi) is 7.38. The molecule has 0 spiro atoms. The third kappa shape index (κ3) is 7.00. The van der Waals surface area contributed by atoms with Gasteiger partial charge in [0.25, 0.3) is 0 Å². The highest BCUT2D eigenvalue weighted by Crippen LogP contribution is 2.14. The summed E-state index contributed by atoms with van der Waals surface area (Å²) in [5, 5.41) is 4.39. The molecule has 5 nitrogen and oxygen atoms in total. The van der Waals surface area contributed by atoms with E-state index in [2.05, 4.69) is 10.0 Å². The van der Waals surface area contributed by atoms with Gasteiger partial charge >= 0.3 is 0 Å². The molecule has 0 saturated carbocycles. The standard InChI is InChI=1S/C19H21ClN2O3S/c1-15-6-8-16(9-7-15)11-13-26(24,25)22-12-10-19(23)21-14-17-4-2-3-5-18(17)20/h2-9,11,13,22H,10,12,14H2,1H3,(H,21,23)/b13-11+. The van der Waals surface area contributed by atoms with Gasteiger partial charge in [0.2, 0.25) is 15.9 Å². The molecular weight excluding hydrogens is 372 g/mol. The molecule has 0 fully saturated rings. The van der Waals surface area contributed by atoms with Crippen molar-refractivity contribution in [3.63, 3.8) is 0 Å². The minimum Gasteiger partial charge on any atom is -0.352 e. The van der Waals surface area contributed by atoms with E-state index in [-0.39, 0.29) is 18.9 Å². The van der Waals surface area contributed by atoms with Gasteiger partial charge in [-0.3, -0.25) is 4.79 Å². The zero-order chi connectivity index (χ0) is 19.0. The maximum atomic E-state index is 11.9. The van der Waals surface area contributed by atoms with Crippen LogP contribution >= 0.6 is 11.6 Å². The van der Waals surface area contributed by atoms with E-state index in [0.29, 0.717) is 11.6 Å². The van der Waals surface area contributed by atoms with Gasteiger partial charge < -0.3 is 5.32 Å². The molecule has 0 radical (unpaired) electrons. The highest BCUT2D eigenvalue weighted by Gasteiger charge is 2.08.